The Bertz CT molecular complexity index is 2220. The third-order valence-electron chi connectivity index (χ3n) is 10.7. The molecule has 0 N–H and O–H groups in total. The van der Waals surface area contributed by atoms with Gasteiger partial charge in [0, 0.05) is 18.4 Å². The lowest BCUT2D eigenvalue weighted by atomic mass is 9.86. The third kappa shape index (κ3) is 6.76. The van der Waals surface area contributed by atoms with Gasteiger partial charge in [-0.1, -0.05) is 122 Å². The van der Waals surface area contributed by atoms with Crippen LogP contribution in [0.3, 0.4) is 0 Å². The maximum absolute atomic E-state index is 2.44. The molecular weight excluding hydrogens is 591 g/mol. The molecule has 7 aromatic carbocycles. The van der Waals surface area contributed by atoms with E-state index in [0.717, 1.165) is 6.42 Å². The van der Waals surface area contributed by atoms with Gasteiger partial charge < -0.3 is 4.90 Å². The molecule has 1 aliphatic carbocycles. The van der Waals surface area contributed by atoms with E-state index in [1.54, 1.807) is 11.1 Å². The molecule has 242 valence electrons. The van der Waals surface area contributed by atoms with Gasteiger partial charge in [-0.25, -0.2) is 0 Å². The van der Waals surface area contributed by atoms with E-state index in [-0.39, 0.29) is 0 Å². The van der Waals surface area contributed by atoms with Crippen molar-refractivity contribution in [1.29, 1.82) is 0 Å². The number of aryl methyl sites for hydroxylation is 5. The summed E-state index contributed by atoms with van der Waals surface area (Å²) >= 11 is 0. The Labute approximate surface area is 291 Å². The van der Waals surface area contributed by atoms with Gasteiger partial charge in [-0.15, -0.1) is 0 Å². The quantitative estimate of drug-likeness (QED) is 0.101. The fourth-order valence-corrected chi connectivity index (χ4v) is 7.51. The van der Waals surface area contributed by atoms with Gasteiger partial charge in [0.25, 0.3) is 0 Å². The molecule has 49 heavy (non-hydrogen) atoms. The molecule has 1 heteroatoms. The first-order chi connectivity index (χ1) is 24.1. The molecule has 7 aromatic rings. The number of hydrogen-bond acceptors (Lipinski definition) is 1. The second kappa shape index (κ2) is 13.8. The zero-order valence-electron chi connectivity index (χ0n) is 28.9. The van der Waals surface area contributed by atoms with Crippen molar-refractivity contribution in [2.45, 2.75) is 58.3 Å². The highest BCUT2D eigenvalue weighted by atomic mass is 15.1. The lowest BCUT2D eigenvalue weighted by Gasteiger charge is -2.20. The SMILES string of the molecule is Cc1ccc(-c2ccc3c(ccc4cc(-c5ccc(N(C)c6ccc(CCCCCCc7ccc8c(c7)CC8)cc6)cc5)ccc43)c2)cc1. The molecule has 0 saturated carbocycles. The van der Waals surface area contributed by atoms with Crippen LogP contribution in [0.15, 0.2) is 140 Å². The van der Waals surface area contributed by atoms with E-state index in [0.29, 0.717) is 0 Å². The number of benzene rings is 7. The Morgan fingerprint density at radius 3 is 1.47 bits per heavy atom. The molecule has 1 nitrogen and oxygen atoms in total. The van der Waals surface area contributed by atoms with E-state index in [9.17, 15) is 0 Å². The molecule has 8 rings (SSSR count). The number of fused-ring (bicyclic) bond motifs is 4. The van der Waals surface area contributed by atoms with Crippen LogP contribution in [0.1, 0.15) is 53.5 Å². The minimum absolute atomic E-state index is 1.16. The lowest BCUT2D eigenvalue weighted by Crippen LogP contribution is -2.09. The van der Waals surface area contributed by atoms with Crippen LogP contribution in [0.25, 0.3) is 43.8 Å². The standard InChI is InChI=1S/C48H45N/c1-34-9-14-37(15-10-34)41-23-29-47-43(32-41)19-20-44-33-42(24-30-48(44)47)39-21-27-46(28-22-39)49(2)45-25-12-35(13-26-45)7-5-3-4-6-8-36-11-16-38-17-18-40(38)31-36/h9-16,19-33H,3-8,17-18H2,1-2H3. The minimum atomic E-state index is 1.16. The number of hydrogen-bond donors (Lipinski definition) is 0. The van der Waals surface area contributed by atoms with Crippen LogP contribution >= 0.6 is 0 Å². The first kappa shape index (κ1) is 31.1. The van der Waals surface area contributed by atoms with Crippen molar-refractivity contribution in [3.05, 3.63) is 167 Å². The van der Waals surface area contributed by atoms with Gasteiger partial charge in [-0.3, -0.25) is 0 Å². The van der Waals surface area contributed by atoms with E-state index in [1.165, 1.54) is 117 Å². The van der Waals surface area contributed by atoms with Crippen LogP contribution in [0.4, 0.5) is 11.4 Å². The van der Waals surface area contributed by atoms with E-state index >= 15 is 0 Å². The highest BCUT2D eigenvalue weighted by Gasteiger charge is 2.12. The smallest absolute Gasteiger partial charge is 0.0408 e. The minimum Gasteiger partial charge on any atom is -0.345 e. The maximum Gasteiger partial charge on any atom is 0.0408 e. The fourth-order valence-electron chi connectivity index (χ4n) is 7.51. The highest BCUT2D eigenvalue weighted by Crippen LogP contribution is 2.34. The van der Waals surface area contributed by atoms with E-state index < -0.39 is 0 Å². The molecule has 0 heterocycles. The first-order valence-electron chi connectivity index (χ1n) is 18.1. The number of nitrogens with zero attached hydrogens (tertiary/aromatic N) is 1. The Balaban J connectivity index is 0.868. The van der Waals surface area contributed by atoms with Crippen molar-refractivity contribution in [2.24, 2.45) is 0 Å². The number of anilines is 2. The van der Waals surface area contributed by atoms with E-state index in [4.69, 9.17) is 0 Å². The topological polar surface area (TPSA) is 3.24 Å². The summed E-state index contributed by atoms with van der Waals surface area (Å²) in [4.78, 5) is 2.28. The molecule has 0 spiro atoms. The molecule has 0 fully saturated rings. The molecule has 0 amide bonds. The average molecular weight is 636 g/mol. The molecule has 1 aliphatic rings. The molecule has 0 atom stereocenters. The van der Waals surface area contributed by atoms with Gasteiger partial charge in [0.2, 0.25) is 0 Å². The van der Waals surface area contributed by atoms with Gasteiger partial charge in [0.1, 0.15) is 0 Å². The zero-order valence-corrected chi connectivity index (χ0v) is 28.9. The second-order valence-electron chi connectivity index (χ2n) is 14.1. The molecule has 0 radical (unpaired) electrons. The van der Waals surface area contributed by atoms with Crippen LogP contribution in [0.2, 0.25) is 0 Å². The predicted octanol–water partition coefficient (Wildman–Crippen LogP) is 12.8. The summed E-state index contributed by atoms with van der Waals surface area (Å²) in [6.07, 6.45) is 10.1. The van der Waals surface area contributed by atoms with Gasteiger partial charge >= 0.3 is 0 Å². The lowest BCUT2D eigenvalue weighted by molar-refractivity contribution is 0.639. The number of rotatable bonds is 11. The van der Waals surface area contributed by atoms with Crippen LogP contribution < -0.4 is 4.90 Å². The Morgan fingerprint density at radius 1 is 0.429 bits per heavy atom. The Kier molecular flexibility index (Phi) is 8.75. The van der Waals surface area contributed by atoms with Crippen molar-refractivity contribution < 1.29 is 0 Å². The molecule has 0 aliphatic heterocycles. The van der Waals surface area contributed by atoms with Gasteiger partial charge in [-0.05, 0) is 148 Å². The number of unbranched alkanes of at least 4 members (excludes halogenated alkanes) is 3. The largest absolute Gasteiger partial charge is 0.345 e. The van der Waals surface area contributed by atoms with Gasteiger partial charge in [-0.2, -0.15) is 0 Å². The van der Waals surface area contributed by atoms with Gasteiger partial charge in [0.15, 0.2) is 0 Å². The molecule has 0 bridgehead atoms. The fraction of sp³-hybridized carbons (Fsp3) is 0.208. The third-order valence-corrected chi connectivity index (χ3v) is 10.7. The van der Waals surface area contributed by atoms with E-state index in [2.05, 4.69) is 158 Å². The van der Waals surface area contributed by atoms with Crippen molar-refractivity contribution >= 4 is 32.9 Å². The Hall–Kier alpha value is -5.14. The molecule has 0 unspecified atom stereocenters. The Morgan fingerprint density at radius 2 is 0.918 bits per heavy atom. The van der Waals surface area contributed by atoms with E-state index in [1.807, 2.05) is 0 Å². The second-order valence-corrected chi connectivity index (χ2v) is 14.1. The van der Waals surface area contributed by atoms with Crippen molar-refractivity contribution in [3.8, 4) is 22.3 Å². The summed E-state index contributed by atoms with van der Waals surface area (Å²) < 4.78 is 0. The van der Waals surface area contributed by atoms with Crippen LogP contribution in [0.5, 0.6) is 0 Å². The predicted molar refractivity (Wildman–Crippen MR) is 211 cm³/mol. The highest BCUT2D eigenvalue weighted by molar-refractivity contribution is 6.09. The summed E-state index contributed by atoms with van der Waals surface area (Å²) in [7, 11) is 2.16. The normalized spacial score (nSPS) is 12.2. The summed E-state index contributed by atoms with van der Waals surface area (Å²) in [5.41, 5.74) is 14.8. The van der Waals surface area contributed by atoms with Crippen molar-refractivity contribution in [1.82, 2.24) is 0 Å². The summed E-state index contributed by atoms with van der Waals surface area (Å²) in [5.74, 6) is 0. The molecule has 0 saturated heterocycles. The maximum atomic E-state index is 2.44. The first-order valence-corrected chi connectivity index (χ1v) is 18.1. The zero-order chi connectivity index (χ0) is 33.2. The average Bonchev–Trinajstić information content (AvgIpc) is 3.14. The van der Waals surface area contributed by atoms with Crippen LogP contribution in [-0.4, -0.2) is 7.05 Å². The summed E-state index contributed by atoms with van der Waals surface area (Å²) in [5, 5.41) is 5.15. The monoisotopic (exact) mass is 635 g/mol. The summed E-state index contributed by atoms with van der Waals surface area (Å²) in [6.45, 7) is 2.13. The van der Waals surface area contributed by atoms with Crippen LogP contribution in [0, 0.1) is 6.92 Å². The van der Waals surface area contributed by atoms with Crippen LogP contribution in [-0.2, 0) is 25.7 Å². The van der Waals surface area contributed by atoms with Crippen molar-refractivity contribution in [3.63, 3.8) is 0 Å². The molecular formula is C48H45N. The van der Waals surface area contributed by atoms with Crippen molar-refractivity contribution in [2.75, 3.05) is 11.9 Å². The summed E-state index contributed by atoms with van der Waals surface area (Å²) in [6, 6.07) is 52.3. The van der Waals surface area contributed by atoms with Gasteiger partial charge in [0.05, 0.1) is 0 Å². The molecule has 0 aromatic heterocycles.